The summed E-state index contributed by atoms with van der Waals surface area (Å²) in [5, 5.41) is 10.9. The van der Waals surface area contributed by atoms with E-state index in [1.165, 1.54) is 0 Å². The molecule has 3 N–H and O–H groups in total. The molecule has 134 valence electrons. The van der Waals surface area contributed by atoms with Gasteiger partial charge in [0.05, 0.1) is 5.92 Å². The Morgan fingerprint density at radius 1 is 1.24 bits per heavy atom. The molecule has 0 aliphatic carbocycles. The van der Waals surface area contributed by atoms with Crippen LogP contribution in [0.1, 0.15) is 50.5 Å². The first-order valence-electron chi connectivity index (χ1n) is 9.00. The third-order valence-corrected chi connectivity index (χ3v) is 7.09. The normalized spacial score (nSPS) is 38.2. The summed E-state index contributed by atoms with van der Waals surface area (Å²) in [5.41, 5.74) is 1.02. The maximum absolute atomic E-state index is 13.0. The number of hydrogen-bond acceptors (Lipinski definition) is 3. The molecule has 6 heteroatoms. The molecule has 6 nitrogen and oxygen atoms in total. The molecule has 0 aromatic heterocycles. The third kappa shape index (κ3) is 1.54. The van der Waals surface area contributed by atoms with Gasteiger partial charge in [-0.05, 0) is 37.3 Å². The van der Waals surface area contributed by atoms with Gasteiger partial charge < -0.3 is 15.5 Å². The lowest BCUT2D eigenvalue weighted by atomic mass is 9.58. The number of carbonyl (C=O) groups excluding carboxylic acids is 2. The van der Waals surface area contributed by atoms with Crippen molar-refractivity contribution in [1.29, 1.82) is 0 Å². The summed E-state index contributed by atoms with van der Waals surface area (Å²) in [7, 11) is 0. The molecule has 0 bridgehead atoms. The predicted octanol–water partition coefficient (Wildman–Crippen LogP) is 1.18. The van der Waals surface area contributed by atoms with Gasteiger partial charge in [0.1, 0.15) is 11.8 Å². The highest BCUT2D eigenvalue weighted by Gasteiger charge is 2.76. The molecule has 0 saturated carbocycles. The number of aliphatic hydroxyl groups is 1. The van der Waals surface area contributed by atoms with Crippen molar-refractivity contribution in [2.45, 2.75) is 56.7 Å². The number of rotatable bonds is 1. The maximum atomic E-state index is 13.0. The quantitative estimate of drug-likeness (QED) is 0.829. The van der Waals surface area contributed by atoms with Crippen LogP contribution in [0.2, 0.25) is 0 Å². The number of fused-ring (bicyclic) bond motifs is 3. The molecule has 4 heterocycles. The Balaban J connectivity index is 0.00000157. The summed E-state index contributed by atoms with van der Waals surface area (Å²) in [5.74, 6) is -0.444. The van der Waals surface area contributed by atoms with Gasteiger partial charge in [0.15, 0.2) is 0 Å². The molecular formula is C19H24N2O4. The number of carbonyl (C=O) groups is 2. The van der Waals surface area contributed by atoms with Crippen LogP contribution in [0.4, 0.5) is 5.69 Å². The van der Waals surface area contributed by atoms with Crippen molar-refractivity contribution >= 4 is 17.5 Å². The van der Waals surface area contributed by atoms with E-state index in [1.54, 1.807) is 0 Å². The number of benzene rings is 1. The second kappa shape index (κ2) is 5.05. The average molecular weight is 344 g/mol. The number of hydrogen-bond donors (Lipinski definition) is 1. The van der Waals surface area contributed by atoms with Crippen molar-refractivity contribution < 1.29 is 20.2 Å². The zero-order chi connectivity index (χ0) is 16.7. The minimum atomic E-state index is -1.05. The van der Waals surface area contributed by atoms with Gasteiger partial charge >= 0.3 is 0 Å². The van der Waals surface area contributed by atoms with Crippen LogP contribution in [0.15, 0.2) is 24.3 Å². The van der Waals surface area contributed by atoms with Gasteiger partial charge in [0.2, 0.25) is 5.91 Å². The number of amides is 2. The Morgan fingerprint density at radius 3 is 2.76 bits per heavy atom. The Kier molecular flexibility index (Phi) is 3.34. The summed E-state index contributed by atoms with van der Waals surface area (Å²) in [6, 6.07) is 7.83. The van der Waals surface area contributed by atoms with E-state index in [2.05, 4.69) is 6.92 Å². The van der Waals surface area contributed by atoms with Crippen LogP contribution >= 0.6 is 0 Å². The zero-order valence-electron chi connectivity index (χ0n) is 14.4. The molecule has 25 heavy (non-hydrogen) atoms. The van der Waals surface area contributed by atoms with Crippen LogP contribution in [-0.2, 0) is 9.59 Å². The Labute approximate surface area is 146 Å². The summed E-state index contributed by atoms with van der Waals surface area (Å²) >= 11 is 0. The fourth-order valence-electron chi connectivity index (χ4n) is 6.24. The van der Waals surface area contributed by atoms with Gasteiger partial charge in [0.25, 0.3) is 5.91 Å². The molecule has 0 unspecified atom stereocenters. The van der Waals surface area contributed by atoms with Crippen molar-refractivity contribution in [2.24, 2.45) is 5.41 Å². The summed E-state index contributed by atoms with van der Waals surface area (Å²) < 4.78 is 0. The number of piperidine rings is 2. The van der Waals surface area contributed by atoms with Gasteiger partial charge in [-0.25, -0.2) is 0 Å². The molecule has 0 radical (unpaired) electrons. The van der Waals surface area contributed by atoms with Crippen LogP contribution in [0.5, 0.6) is 0 Å². The molecule has 1 aromatic rings. The molecular weight excluding hydrogens is 320 g/mol. The number of nitrogens with zero attached hydrogens (tertiary/aromatic N) is 2. The Morgan fingerprint density at radius 2 is 2.00 bits per heavy atom. The van der Waals surface area contributed by atoms with Crippen LogP contribution in [0.25, 0.3) is 0 Å². The van der Waals surface area contributed by atoms with E-state index < -0.39 is 11.8 Å². The van der Waals surface area contributed by atoms with Gasteiger partial charge in [0, 0.05) is 24.1 Å². The minimum Gasteiger partial charge on any atom is -0.412 e. The van der Waals surface area contributed by atoms with Gasteiger partial charge in [-0.3, -0.25) is 14.5 Å². The van der Waals surface area contributed by atoms with Gasteiger partial charge in [-0.1, -0.05) is 25.1 Å². The minimum absolute atomic E-state index is 0. The van der Waals surface area contributed by atoms with Crippen molar-refractivity contribution in [1.82, 2.24) is 4.90 Å². The summed E-state index contributed by atoms with van der Waals surface area (Å²) in [6.07, 6.45) is 3.14. The van der Waals surface area contributed by atoms with E-state index in [0.29, 0.717) is 13.0 Å². The largest absolute Gasteiger partial charge is 0.412 e. The second-order valence-electron chi connectivity index (χ2n) is 7.66. The first kappa shape index (κ1) is 16.5. The highest BCUT2D eigenvalue weighted by Crippen LogP contribution is 2.68. The smallest absolute Gasteiger partial charge is 0.254 e. The molecule has 1 aromatic carbocycles. The topological polar surface area (TPSA) is 92.4 Å². The average Bonchev–Trinajstić information content (AvgIpc) is 3.03. The fraction of sp³-hybridized carbons (Fsp3) is 0.579. The van der Waals surface area contributed by atoms with Crippen LogP contribution < -0.4 is 4.90 Å². The zero-order valence-corrected chi connectivity index (χ0v) is 14.4. The lowest BCUT2D eigenvalue weighted by Crippen LogP contribution is -2.73. The molecule has 5 rings (SSSR count). The van der Waals surface area contributed by atoms with Crippen LogP contribution in [0.3, 0.4) is 0 Å². The predicted molar refractivity (Wildman–Crippen MR) is 91.9 cm³/mol. The fourth-order valence-corrected chi connectivity index (χ4v) is 6.24. The Hall–Kier alpha value is -1.92. The lowest BCUT2D eigenvalue weighted by Gasteiger charge is -2.62. The highest BCUT2D eigenvalue weighted by molar-refractivity contribution is 6.03. The molecule has 3 saturated heterocycles. The number of aliphatic hydroxyl groups excluding tert-OH is 1. The lowest BCUT2D eigenvalue weighted by molar-refractivity contribution is -0.151. The maximum Gasteiger partial charge on any atom is 0.254 e. The molecule has 1 spiro atoms. The Bertz CT molecular complexity index is 766. The molecule has 2 amide bonds. The molecule has 4 aliphatic rings. The van der Waals surface area contributed by atoms with E-state index in [1.807, 2.05) is 34.1 Å². The highest BCUT2D eigenvalue weighted by atomic mass is 16.3. The monoisotopic (exact) mass is 344 g/mol. The molecule has 4 aliphatic heterocycles. The van der Waals surface area contributed by atoms with Gasteiger partial charge in [-0.2, -0.15) is 0 Å². The SMILES string of the molecule is CC[C@@]12CCCN3C(=O)[C@H](O)[C@H]4c5ccccc5N(C(=O)CC1)[C@]432.O. The first-order chi connectivity index (χ1) is 11.6. The van der Waals surface area contributed by atoms with Crippen molar-refractivity contribution in [3.63, 3.8) is 0 Å². The van der Waals surface area contributed by atoms with E-state index in [9.17, 15) is 14.7 Å². The van der Waals surface area contributed by atoms with Crippen molar-refractivity contribution in [2.75, 3.05) is 11.4 Å². The van der Waals surface area contributed by atoms with Crippen molar-refractivity contribution in [3.05, 3.63) is 29.8 Å². The van der Waals surface area contributed by atoms with Crippen molar-refractivity contribution in [3.8, 4) is 0 Å². The van der Waals surface area contributed by atoms with E-state index >= 15 is 0 Å². The van der Waals surface area contributed by atoms with E-state index in [4.69, 9.17) is 0 Å². The van der Waals surface area contributed by atoms with E-state index in [0.717, 1.165) is 36.9 Å². The van der Waals surface area contributed by atoms with Gasteiger partial charge in [-0.15, -0.1) is 0 Å². The number of anilines is 1. The number of para-hydroxylation sites is 1. The molecule has 4 atom stereocenters. The second-order valence-corrected chi connectivity index (χ2v) is 7.66. The van der Waals surface area contributed by atoms with E-state index in [-0.39, 0.29) is 28.6 Å². The first-order valence-corrected chi connectivity index (χ1v) is 9.00. The molecule has 3 fully saturated rings. The summed E-state index contributed by atoms with van der Waals surface area (Å²) in [4.78, 5) is 29.6. The summed E-state index contributed by atoms with van der Waals surface area (Å²) in [6.45, 7) is 2.80. The van der Waals surface area contributed by atoms with Crippen LogP contribution in [-0.4, -0.2) is 45.6 Å². The van der Waals surface area contributed by atoms with Crippen LogP contribution in [0, 0.1) is 5.41 Å². The third-order valence-electron chi connectivity index (χ3n) is 7.09. The standard InChI is InChI=1S/C19H22N2O3.H2O/c1-2-18-9-5-11-20-17(24)16(23)15-12-6-3-4-7-13(12)21(19(15,18)20)14(22)8-10-18;/h3-4,6-7,15-16,23H,2,5,8-11H2,1H3;1H2/t15-,16-,18-,19+;/m1./s1.